The largest absolute Gasteiger partial charge is 0.444 e. The number of nitrogens with zero attached hydrogens (tertiary/aromatic N) is 5. The Morgan fingerprint density at radius 3 is 2.29 bits per heavy atom. The SMILES string of the molecule is CC1CC(c2nc(N3CCN(C(=O)OC(C)(C)C)CC3)nnc2-c2ccc(Cl)cc2)=CC=C1Cl. The third kappa shape index (κ3) is 5.70. The van der Waals surface area contributed by atoms with Crippen LogP contribution in [0.15, 0.2) is 41.4 Å². The molecule has 1 unspecified atom stereocenters. The number of rotatable bonds is 3. The molecule has 1 aliphatic heterocycles. The van der Waals surface area contributed by atoms with Crippen LogP contribution in [-0.2, 0) is 4.74 Å². The number of piperazine rings is 1. The first-order chi connectivity index (χ1) is 16.1. The van der Waals surface area contributed by atoms with Crippen LogP contribution in [-0.4, -0.2) is 58.0 Å². The zero-order valence-corrected chi connectivity index (χ0v) is 21.4. The van der Waals surface area contributed by atoms with Gasteiger partial charge in [-0.05, 0) is 56.9 Å². The van der Waals surface area contributed by atoms with Gasteiger partial charge in [-0.1, -0.05) is 48.3 Å². The van der Waals surface area contributed by atoms with Crippen molar-refractivity contribution in [3.05, 3.63) is 52.2 Å². The summed E-state index contributed by atoms with van der Waals surface area (Å²) in [6, 6.07) is 7.51. The summed E-state index contributed by atoms with van der Waals surface area (Å²) >= 11 is 12.4. The first kappa shape index (κ1) is 24.5. The highest BCUT2D eigenvalue weighted by Crippen LogP contribution is 2.36. The smallest absolute Gasteiger partial charge is 0.410 e. The van der Waals surface area contributed by atoms with E-state index in [1.54, 1.807) is 4.90 Å². The van der Waals surface area contributed by atoms with Crippen LogP contribution in [0, 0.1) is 5.92 Å². The Hall–Kier alpha value is -2.64. The number of hydrogen-bond donors (Lipinski definition) is 0. The molecule has 7 nitrogen and oxygen atoms in total. The fourth-order valence-corrected chi connectivity index (χ4v) is 4.17. The zero-order chi connectivity index (χ0) is 24.5. The van der Waals surface area contributed by atoms with Crippen molar-refractivity contribution in [3.8, 4) is 11.3 Å². The number of allylic oxidation sites excluding steroid dienone is 4. The van der Waals surface area contributed by atoms with Crippen molar-refractivity contribution >= 4 is 40.8 Å². The summed E-state index contributed by atoms with van der Waals surface area (Å²) in [4.78, 5) is 21.1. The standard InChI is InChI=1S/C25H29Cl2N5O2/c1-16-15-18(7-10-20(16)27)21-22(17-5-8-19(26)9-6-17)29-30-23(28-21)31-11-13-32(14-12-31)24(33)34-25(2,3)4/h5-10,16H,11-15H2,1-4H3. The van der Waals surface area contributed by atoms with Gasteiger partial charge in [0.2, 0.25) is 5.95 Å². The van der Waals surface area contributed by atoms with Gasteiger partial charge in [-0.3, -0.25) is 0 Å². The molecular formula is C25H29Cl2N5O2. The molecule has 1 fully saturated rings. The molecule has 1 atom stereocenters. The number of hydrogen-bond acceptors (Lipinski definition) is 6. The number of carbonyl (C=O) groups excluding carboxylic acids is 1. The second kappa shape index (κ2) is 9.92. The van der Waals surface area contributed by atoms with Gasteiger partial charge in [-0.25, -0.2) is 9.78 Å². The predicted molar refractivity (Wildman–Crippen MR) is 136 cm³/mol. The molecule has 1 aromatic heterocycles. The molecule has 9 heteroatoms. The van der Waals surface area contributed by atoms with E-state index in [4.69, 9.17) is 32.9 Å². The van der Waals surface area contributed by atoms with Crippen LogP contribution in [0.2, 0.25) is 5.02 Å². The number of benzene rings is 1. The summed E-state index contributed by atoms with van der Waals surface area (Å²) in [5.41, 5.74) is 2.93. The van der Waals surface area contributed by atoms with Gasteiger partial charge in [0, 0.05) is 41.8 Å². The maximum atomic E-state index is 12.4. The predicted octanol–water partition coefficient (Wildman–Crippen LogP) is 5.80. The van der Waals surface area contributed by atoms with E-state index in [-0.39, 0.29) is 12.0 Å². The lowest BCUT2D eigenvalue weighted by molar-refractivity contribution is 0.0240. The molecule has 2 aromatic rings. The van der Waals surface area contributed by atoms with Gasteiger partial charge >= 0.3 is 6.09 Å². The van der Waals surface area contributed by atoms with Crippen LogP contribution in [0.5, 0.6) is 0 Å². The minimum atomic E-state index is -0.518. The maximum Gasteiger partial charge on any atom is 0.410 e. The Kier molecular flexibility index (Phi) is 7.14. The monoisotopic (exact) mass is 501 g/mol. The summed E-state index contributed by atoms with van der Waals surface area (Å²) in [5, 5.41) is 10.5. The molecule has 2 aliphatic rings. The second-order valence-electron chi connectivity index (χ2n) is 9.62. The molecule has 1 saturated heterocycles. The van der Waals surface area contributed by atoms with Crippen LogP contribution in [0.25, 0.3) is 16.8 Å². The Morgan fingerprint density at radius 2 is 1.68 bits per heavy atom. The summed E-state index contributed by atoms with van der Waals surface area (Å²) in [7, 11) is 0. The maximum absolute atomic E-state index is 12.4. The average Bonchev–Trinajstić information content (AvgIpc) is 2.80. The van der Waals surface area contributed by atoms with E-state index < -0.39 is 5.60 Å². The lowest BCUT2D eigenvalue weighted by atomic mass is 9.91. The molecule has 0 N–H and O–H groups in total. The highest BCUT2D eigenvalue weighted by Gasteiger charge is 2.28. The quantitative estimate of drug-likeness (QED) is 0.529. The van der Waals surface area contributed by atoms with Gasteiger partial charge in [0.1, 0.15) is 11.3 Å². The highest BCUT2D eigenvalue weighted by atomic mass is 35.5. The van der Waals surface area contributed by atoms with Gasteiger partial charge in [0.05, 0.1) is 5.69 Å². The van der Waals surface area contributed by atoms with E-state index in [0.717, 1.165) is 28.3 Å². The topological polar surface area (TPSA) is 71.5 Å². The molecule has 1 amide bonds. The number of anilines is 1. The van der Waals surface area contributed by atoms with Gasteiger partial charge in [-0.2, -0.15) is 0 Å². The minimum Gasteiger partial charge on any atom is -0.444 e. The Labute approximate surface area is 210 Å². The van der Waals surface area contributed by atoms with E-state index in [9.17, 15) is 4.79 Å². The average molecular weight is 502 g/mol. The third-order valence-corrected chi connectivity index (χ3v) is 6.50. The molecule has 0 saturated carbocycles. The van der Waals surface area contributed by atoms with Gasteiger partial charge in [0.15, 0.2) is 0 Å². The summed E-state index contributed by atoms with van der Waals surface area (Å²) in [5.74, 6) is 0.751. The first-order valence-corrected chi connectivity index (χ1v) is 12.2. The van der Waals surface area contributed by atoms with Gasteiger partial charge in [0.25, 0.3) is 0 Å². The summed E-state index contributed by atoms with van der Waals surface area (Å²) in [6.45, 7) is 9.97. The molecule has 180 valence electrons. The molecular weight excluding hydrogens is 473 g/mol. The van der Waals surface area contributed by atoms with E-state index in [1.807, 2.05) is 57.2 Å². The van der Waals surface area contributed by atoms with Crippen molar-refractivity contribution in [2.24, 2.45) is 5.92 Å². The van der Waals surface area contributed by atoms with Crippen LogP contribution < -0.4 is 4.90 Å². The van der Waals surface area contributed by atoms with Crippen LogP contribution in [0.4, 0.5) is 10.7 Å². The molecule has 0 bridgehead atoms. The number of carbonyl (C=O) groups is 1. The molecule has 34 heavy (non-hydrogen) atoms. The number of halogens is 2. The fraction of sp³-hybridized carbons (Fsp3) is 0.440. The number of ether oxygens (including phenoxy) is 1. The van der Waals surface area contributed by atoms with Crippen molar-refractivity contribution in [3.63, 3.8) is 0 Å². The fourth-order valence-electron chi connectivity index (χ4n) is 3.91. The molecule has 1 aromatic carbocycles. The summed E-state index contributed by atoms with van der Waals surface area (Å²) < 4.78 is 5.50. The molecule has 1 aliphatic carbocycles. The van der Waals surface area contributed by atoms with Crippen LogP contribution in [0.1, 0.15) is 39.8 Å². The third-order valence-electron chi connectivity index (χ3n) is 5.75. The Bertz CT molecular complexity index is 1120. The van der Waals surface area contributed by atoms with E-state index in [2.05, 4.69) is 22.0 Å². The van der Waals surface area contributed by atoms with Gasteiger partial charge < -0.3 is 14.5 Å². The second-order valence-corrected chi connectivity index (χ2v) is 10.5. The number of amides is 1. The normalized spacial score (nSPS) is 18.9. The van der Waals surface area contributed by atoms with Crippen molar-refractivity contribution in [1.29, 1.82) is 0 Å². The van der Waals surface area contributed by atoms with Crippen molar-refractivity contribution in [2.45, 2.75) is 39.7 Å². The van der Waals surface area contributed by atoms with E-state index in [0.29, 0.717) is 42.8 Å². The van der Waals surface area contributed by atoms with Crippen LogP contribution in [0.3, 0.4) is 0 Å². The number of aromatic nitrogens is 3. The Balaban J connectivity index is 1.60. The van der Waals surface area contributed by atoms with Crippen molar-refractivity contribution in [1.82, 2.24) is 20.1 Å². The highest BCUT2D eigenvalue weighted by molar-refractivity contribution is 6.30. The summed E-state index contributed by atoms with van der Waals surface area (Å²) in [6.07, 6.45) is 4.41. The zero-order valence-electron chi connectivity index (χ0n) is 19.9. The lowest BCUT2D eigenvalue weighted by Crippen LogP contribution is -2.50. The van der Waals surface area contributed by atoms with E-state index >= 15 is 0 Å². The minimum absolute atomic E-state index is 0.204. The molecule has 0 spiro atoms. The molecule has 2 heterocycles. The first-order valence-electron chi connectivity index (χ1n) is 11.4. The molecule has 4 rings (SSSR count). The molecule has 0 radical (unpaired) electrons. The van der Waals surface area contributed by atoms with E-state index in [1.165, 1.54) is 0 Å². The van der Waals surface area contributed by atoms with Gasteiger partial charge in [-0.15, -0.1) is 10.2 Å². The van der Waals surface area contributed by atoms with Crippen LogP contribution >= 0.6 is 23.2 Å². The van der Waals surface area contributed by atoms with Crippen molar-refractivity contribution < 1.29 is 9.53 Å². The lowest BCUT2D eigenvalue weighted by Gasteiger charge is -2.35. The Morgan fingerprint density at radius 1 is 1.00 bits per heavy atom. The van der Waals surface area contributed by atoms with Crippen molar-refractivity contribution in [2.75, 3.05) is 31.1 Å².